The zero-order valence-electron chi connectivity index (χ0n) is 19.7. The molecule has 0 aromatic heterocycles. The predicted molar refractivity (Wildman–Crippen MR) is 130 cm³/mol. The number of carbonyl (C=O) groups is 2. The summed E-state index contributed by atoms with van der Waals surface area (Å²) in [7, 11) is 0. The summed E-state index contributed by atoms with van der Waals surface area (Å²) in [5.74, 6) is 0.713. The number of carbonyl (C=O) groups excluding carboxylic acids is 2. The molecule has 2 fully saturated rings. The van der Waals surface area contributed by atoms with Gasteiger partial charge in [0.2, 0.25) is 5.91 Å². The largest absolute Gasteiger partial charge is 0.353 e. The summed E-state index contributed by atoms with van der Waals surface area (Å²) in [6, 6.07) is 12.0. The van der Waals surface area contributed by atoms with Crippen molar-refractivity contribution in [3.63, 3.8) is 0 Å². The van der Waals surface area contributed by atoms with Gasteiger partial charge in [-0.2, -0.15) is 0 Å². The Labute approximate surface area is 191 Å². The molecule has 2 aromatic rings. The summed E-state index contributed by atoms with van der Waals surface area (Å²) in [5.41, 5.74) is 1.73. The van der Waals surface area contributed by atoms with Crippen LogP contribution < -0.4 is 10.6 Å². The van der Waals surface area contributed by atoms with Crippen LogP contribution in [0.4, 0.5) is 0 Å². The average molecular weight is 436 g/mol. The molecule has 0 bridgehead atoms. The lowest BCUT2D eigenvalue weighted by Gasteiger charge is -2.30. The van der Waals surface area contributed by atoms with E-state index in [1.165, 1.54) is 32.1 Å². The van der Waals surface area contributed by atoms with Crippen molar-refractivity contribution in [1.82, 2.24) is 15.5 Å². The summed E-state index contributed by atoms with van der Waals surface area (Å²) in [6.45, 7) is 7.71. The van der Waals surface area contributed by atoms with Crippen LogP contribution in [0.1, 0.15) is 68.3 Å². The topological polar surface area (TPSA) is 61.4 Å². The van der Waals surface area contributed by atoms with E-state index in [0.717, 1.165) is 35.0 Å². The van der Waals surface area contributed by atoms with Gasteiger partial charge in [0.05, 0.1) is 6.04 Å². The molecule has 2 N–H and O–H groups in total. The molecular formula is C27H37N3O2. The molecule has 1 heterocycles. The first-order chi connectivity index (χ1) is 15.4. The van der Waals surface area contributed by atoms with Crippen LogP contribution in [0, 0.1) is 12.8 Å². The maximum atomic E-state index is 13.2. The van der Waals surface area contributed by atoms with Crippen LogP contribution in [0.2, 0.25) is 0 Å². The molecule has 2 atom stereocenters. The Kier molecular flexibility index (Phi) is 7.14. The third kappa shape index (κ3) is 5.15. The monoisotopic (exact) mass is 435 g/mol. The number of nitrogens with zero attached hydrogens (tertiary/aromatic N) is 1. The molecule has 1 aliphatic heterocycles. The van der Waals surface area contributed by atoms with Gasteiger partial charge in [0.15, 0.2) is 0 Å². The van der Waals surface area contributed by atoms with Crippen molar-refractivity contribution in [3.05, 3.63) is 47.5 Å². The Morgan fingerprint density at radius 1 is 1.06 bits per heavy atom. The van der Waals surface area contributed by atoms with Crippen LogP contribution in [-0.2, 0) is 4.79 Å². The van der Waals surface area contributed by atoms with E-state index in [-0.39, 0.29) is 29.9 Å². The Morgan fingerprint density at radius 2 is 1.81 bits per heavy atom. The molecule has 2 amide bonds. The number of nitrogens with one attached hydrogen (secondary N) is 2. The van der Waals surface area contributed by atoms with E-state index >= 15 is 0 Å². The minimum atomic E-state index is -0.165. The van der Waals surface area contributed by atoms with E-state index in [4.69, 9.17) is 0 Å². The van der Waals surface area contributed by atoms with Gasteiger partial charge in [-0.3, -0.25) is 14.5 Å². The number of benzene rings is 2. The van der Waals surface area contributed by atoms with Crippen LogP contribution in [0.3, 0.4) is 0 Å². The van der Waals surface area contributed by atoms with E-state index in [0.29, 0.717) is 12.3 Å². The number of hydrogen-bond acceptors (Lipinski definition) is 3. The van der Waals surface area contributed by atoms with Gasteiger partial charge in [-0.05, 0) is 68.4 Å². The number of likely N-dealkylation sites (tertiary alicyclic amines) is 1. The minimum Gasteiger partial charge on any atom is -0.353 e. The Balaban J connectivity index is 1.47. The fourth-order valence-corrected chi connectivity index (χ4v) is 5.50. The summed E-state index contributed by atoms with van der Waals surface area (Å²) in [5, 5.41) is 8.59. The molecule has 1 aliphatic carbocycles. The number of fused-ring (bicyclic) bond motifs is 1. The molecule has 172 valence electrons. The van der Waals surface area contributed by atoms with Gasteiger partial charge in [-0.1, -0.05) is 49.6 Å². The summed E-state index contributed by atoms with van der Waals surface area (Å²) < 4.78 is 0. The first-order valence-electron chi connectivity index (χ1n) is 12.3. The zero-order valence-corrected chi connectivity index (χ0v) is 19.7. The van der Waals surface area contributed by atoms with Crippen molar-refractivity contribution in [2.45, 2.75) is 77.4 Å². The fourth-order valence-electron chi connectivity index (χ4n) is 5.50. The molecular weight excluding hydrogens is 398 g/mol. The molecule has 1 saturated carbocycles. The Bertz CT molecular complexity index is 965. The van der Waals surface area contributed by atoms with E-state index in [1.807, 2.05) is 45.0 Å². The maximum absolute atomic E-state index is 13.2. The third-order valence-corrected chi connectivity index (χ3v) is 7.13. The van der Waals surface area contributed by atoms with Crippen molar-refractivity contribution in [2.24, 2.45) is 5.92 Å². The highest BCUT2D eigenvalue weighted by Gasteiger charge is 2.38. The maximum Gasteiger partial charge on any atom is 0.251 e. The lowest BCUT2D eigenvalue weighted by atomic mass is 9.89. The lowest BCUT2D eigenvalue weighted by Crippen LogP contribution is -2.47. The molecule has 2 aromatic carbocycles. The Hall–Kier alpha value is -2.40. The standard InChI is InChI=1S/C27H37N3O2/c1-18(2)28-27(32)25-15-22(17-30(25)16-20-9-5-4-6-10-20)29-26(31)24-14-13-21-11-7-8-12-23(21)19(24)3/h7-8,11-14,18,20,22,25H,4-6,9-10,15-17H2,1-3H3,(H,28,32)(H,29,31)/t22-,25-/m0/s1. The smallest absolute Gasteiger partial charge is 0.251 e. The van der Waals surface area contributed by atoms with E-state index in [9.17, 15) is 9.59 Å². The molecule has 32 heavy (non-hydrogen) atoms. The highest BCUT2D eigenvalue weighted by Crippen LogP contribution is 2.28. The zero-order chi connectivity index (χ0) is 22.7. The van der Waals surface area contributed by atoms with Crippen LogP contribution in [-0.4, -0.2) is 47.9 Å². The van der Waals surface area contributed by atoms with E-state index in [2.05, 4.69) is 27.7 Å². The molecule has 5 heteroatoms. The highest BCUT2D eigenvalue weighted by molar-refractivity contribution is 6.01. The third-order valence-electron chi connectivity index (χ3n) is 7.13. The number of rotatable bonds is 6. The van der Waals surface area contributed by atoms with Gasteiger partial charge in [-0.25, -0.2) is 0 Å². The minimum absolute atomic E-state index is 0.0140. The highest BCUT2D eigenvalue weighted by atomic mass is 16.2. The summed E-state index contributed by atoms with van der Waals surface area (Å²) >= 11 is 0. The first-order valence-corrected chi connectivity index (χ1v) is 12.3. The Morgan fingerprint density at radius 3 is 2.56 bits per heavy atom. The van der Waals surface area contributed by atoms with Gasteiger partial charge < -0.3 is 10.6 Å². The van der Waals surface area contributed by atoms with Crippen molar-refractivity contribution in [1.29, 1.82) is 0 Å². The fraction of sp³-hybridized carbons (Fsp3) is 0.556. The molecule has 0 spiro atoms. The molecule has 2 aliphatic rings. The predicted octanol–water partition coefficient (Wildman–Crippen LogP) is 4.43. The van der Waals surface area contributed by atoms with E-state index in [1.54, 1.807) is 0 Å². The lowest BCUT2D eigenvalue weighted by molar-refractivity contribution is -0.126. The van der Waals surface area contributed by atoms with Crippen molar-refractivity contribution < 1.29 is 9.59 Å². The second kappa shape index (κ2) is 10.0. The van der Waals surface area contributed by atoms with Gasteiger partial charge in [0.25, 0.3) is 5.91 Å². The second-order valence-electron chi connectivity index (χ2n) is 10.0. The van der Waals surface area contributed by atoms with Gasteiger partial charge in [0, 0.05) is 30.7 Å². The van der Waals surface area contributed by atoms with E-state index < -0.39 is 0 Å². The van der Waals surface area contributed by atoms with Gasteiger partial charge in [-0.15, -0.1) is 0 Å². The van der Waals surface area contributed by atoms with Gasteiger partial charge >= 0.3 is 0 Å². The first kappa shape index (κ1) is 22.8. The summed E-state index contributed by atoms with van der Waals surface area (Å²) in [6.07, 6.45) is 7.09. The normalized spacial score (nSPS) is 22.4. The molecule has 0 unspecified atom stereocenters. The number of hydrogen-bond donors (Lipinski definition) is 2. The van der Waals surface area contributed by atoms with Crippen molar-refractivity contribution in [2.75, 3.05) is 13.1 Å². The average Bonchev–Trinajstić information content (AvgIpc) is 3.16. The number of aryl methyl sites for hydroxylation is 1. The number of amides is 2. The molecule has 5 nitrogen and oxygen atoms in total. The van der Waals surface area contributed by atoms with Crippen LogP contribution in [0.15, 0.2) is 36.4 Å². The van der Waals surface area contributed by atoms with Crippen molar-refractivity contribution >= 4 is 22.6 Å². The van der Waals surface area contributed by atoms with Crippen LogP contribution in [0.25, 0.3) is 10.8 Å². The second-order valence-corrected chi connectivity index (χ2v) is 10.0. The van der Waals surface area contributed by atoms with Crippen LogP contribution >= 0.6 is 0 Å². The quantitative estimate of drug-likeness (QED) is 0.706. The van der Waals surface area contributed by atoms with Crippen LogP contribution in [0.5, 0.6) is 0 Å². The van der Waals surface area contributed by atoms with Crippen molar-refractivity contribution in [3.8, 4) is 0 Å². The van der Waals surface area contributed by atoms with Gasteiger partial charge in [0.1, 0.15) is 0 Å². The molecule has 1 saturated heterocycles. The molecule has 4 rings (SSSR count). The SMILES string of the molecule is Cc1c(C(=O)N[C@H]2C[C@@H](C(=O)NC(C)C)N(CC3CCCCC3)C2)ccc2ccccc12. The summed E-state index contributed by atoms with van der Waals surface area (Å²) in [4.78, 5) is 28.5. The molecule has 0 radical (unpaired) electrons.